The van der Waals surface area contributed by atoms with Gasteiger partial charge in [0.2, 0.25) is 0 Å². The van der Waals surface area contributed by atoms with Crippen LogP contribution in [0.1, 0.15) is 5.56 Å². The van der Waals surface area contributed by atoms with Crippen molar-refractivity contribution < 1.29 is 9.53 Å². The van der Waals surface area contributed by atoms with Crippen molar-refractivity contribution in [2.24, 2.45) is 0 Å². The molecular formula is C10H10O2. The molecule has 0 aliphatic heterocycles. The molecule has 0 spiro atoms. The summed E-state index contributed by atoms with van der Waals surface area (Å²) < 4.78 is 5.05. The molecule has 1 aromatic carbocycles. The summed E-state index contributed by atoms with van der Waals surface area (Å²) >= 11 is 0. The Labute approximate surface area is 71.5 Å². The molecule has 12 heavy (non-hydrogen) atoms. The van der Waals surface area contributed by atoms with Crippen molar-refractivity contribution in [1.82, 2.24) is 0 Å². The Morgan fingerprint density at radius 3 is 2.67 bits per heavy atom. The predicted molar refractivity (Wildman–Crippen MR) is 46.4 cm³/mol. The number of carbonyl (C=O) groups is 1. The molecule has 2 nitrogen and oxygen atoms in total. The Bertz CT molecular complexity index is 252. The van der Waals surface area contributed by atoms with E-state index in [1.165, 1.54) is 12.3 Å². The summed E-state index contributed by atoms with van der Waals surface area (Å²) in [5.74, 6) is 0. The highest BCUT2D eigenvalue weighted by molar-refractivity contribution is 5.64. The van der Waals surface area contributed by atoms with Gasteiger partial charge in [0.1, 0.15) is 12.9 Å². The molecular weight excluding hydrogens is 152 g/mol. The number of allylic oxidation sites excluding steroid dienone is 1. The van der Waals surface area contributed by atoms with Crippen LogP contribution in [0.2, 0.25) is 0 Å². The maximum absolute atomic E-state index is 9.85. The van der Waals surface area contributed by atoms with Crippen LogP contribution in [0.25, 0.3) is 0 Å². The SMILES string of the molecule is O=CC=COCc1ccccc1. The number of hydrogen-bond acceptors (Lipinski definition) is 2. The van der Waals surface area contributed by atoms with E-state index in [2.05, 4.69) is 0 Å². The molecule has 62 valence electrons. The highest BCUT2D eigenvalue weighted by atomic mass is 16.5. The van der Waals surface area contributed by atoms with Crippen molar-refractivity contribution in [3.8, 4) is 0 Å². The topological polar surface area (TPSA) is 26.3 Å². The summed E-state index contributed by atoms with van der Waals surface area (Å²) in [6, 6.07) is 9.78. The van der Waals surface area contributed by atoms with Gasteiger partial charge in [-0.1, -0.05) is 30.3 Å². The van der Waals surface area contributed by atoms with Crippen molar-refractivity contribution >= 4 is 6.29 Å². The fraction of sp³-hybridized carbons (Fsp3) is 0.100. The molecule has 0 unspecified atom stereocenters. The average Bonchev–Trinajstić information content (AvgIpc) is 2.14. The molecule has 1 aromatic rings. The van der Waals surface area contributed by atoms with Crippen molar-refractivity contribution in [1.29, 1.82) is 0 Å². The van der Waals surface area contributed by atoms with E-state index in [1.54, 1.807) is 0 Å². The van der Waals surface area contributed by atoms with Gasteiger partial charge in [-0.2, -0.15) is 0 Å². The van der Waals surface area contributed by atoms with E-state index in [0.29, 0.717) is 12.9 Å². The summed E-state index contributed by atoms with van der Waals surface area (Å²) in [5.41, 5.74) is 1.09. The highest BCUT2D eigenvalue weighted by Gasteiger charge is 1.86. The predicted octanol–water partition coefficient (Wildman–Crippen LogP) is 1.92. The van der Waals surface area contributed by atoms with E-state index in [0.717, 1.165) is 5.56 Å². The van der Waals surface area contributed by atoms with Gasteiger partial charge in [-0.25, -0.2) is 0 Å². The van der Waals surface area contributed by atoms with Gasteiger partial charge in [-0.15, -0.1) is 0 Å². The van der Waals surface area contributed by atoms with Gasteiger partial charge < -0.3 is 4.74 Å². The first-order valence-corrected chi connectivity index (χ1v) is 3.69. The Morgan fingerprint density at radius 2 is 2.00 bits per heavy atom. The van der Waals surface area contributed by atoms with Gasteiger partial charge in [0.15, 0.2) is 0 Å². The molecule has 0 saturated carbocycles. The molecule has 0 saturated heterocycles. The average molecular weight is 162 g/mol. The van der Waals surface area contributed by atoms with Crippen LogP contribution in [0.5, 0.6) is 0 Å². The third-order valence-corrected chi connectivity index (χ3v) is 1.35. The normalized spacial score (nSPS) is 10.0. The van der Waals surface area contributed by atoms with Crippen LogP contribution < -0.4 is 0 Å². The number of benzene rings is 1. The maximum Gasteiger partial charge on any atom is 0.145 e. The first kappa shape index (κ1) is 8.53. The number of aldehydes is 1. The summed E-state index contributed by atoms with van der Waals surface area (Å²) in [5, 5.41) is 0. The van der Waals surface area contributed by atoms with Gasteiger partial charge >= 0.3 is 0 Å². The van der Waals surface area contributed by atoms with E-state index in [-0.39, 0.29) is 0 Å². The third-order valence-electron chi connectivity index (χ3n) is 1.35. The molecule has 0 radical (unpaired) electrons. The van der Waals surface area contributed by atoms with Crippen LogP contribution in [0.3, 0.4) is 0 Å². The number of hydrogen-bond donors (Lipinski definition) is 0. The Morgan fingerprint density at radius 1 is 1.25 bits per heavy atom. The molecule has 0 atom stereocenters. The van der Waals surface area contributed by atoms with E-state index in [9.17, 15) is 4.79 Å². The Kier molecular flexibility index (Phi) is 3.64. The summed E-state index contributed by atoms with van der Waals surface area (Å²) in [6.07, 6.45) is 3.40. The van der Waals surface area contributed by atoms with Crippen LogP contribution in [-0.2, 0) is 16.1 Å². The maximum atomic E-state index is 9.85. The molecule has 0 amide bonds. The standard InChI is InChI=1S/C10H10O2/c11-7-4-8-12-9-10-5-2-1-3-6-10/h1-8H,9H2. The second kappa shape index (κ2) is 5.13. The van der Waals surface area contributed by atoms with E-state index in [1.807, 2.05) is 30.3 Å². The van der Waals surface area contributed by atoms with Gasteiger partial charge in [-0.3, -0.25) is 4.79 Å². The number of carbonyl (C=O) groups excluding carboxylic acids is 1. The molecule has 0 aromatic heterocycles. The lowest BCUT2D eigenvalue weighted by Gasteiger charge is -1.98. The summed E-state index contributed by atoms with van der Waals surface area (Å²) in [7, 11) is 0. The van der Waals surface area contributed by atoms with Crippen LogP contribution in [0.15, 0.2) is 42.7 Å². The third kappa shape index (κ3) is 3.01. The molecule has 0 heterocycles. The van der Waals surface area contributed by atoms with E-state index >= 15 is 0 Å². The van der Waals surface area contributed by atoms with Gasteiger partial charge in [0.25, 0.3) is 0 Å². The van der Waals surface area contributed by atoms with Crippen LogP contribution in [-0.4, -0.2) is 6.29 Å². The minimum absolute atomic E-state index is 0.505. The lowest BCUT2D eigenvalue weighted by molar-refractivity contribution is -0.104. The zero-order chi connectivity index (χ0) is 8.65. The van der Waals surface area contributed by atoms with Crippen molar-refractivity contribution in [3.63, 3.8) is 0 Å². The lowest BCUT2D eigenvalue weighted by Crippen LogP contribution is -1.84. The van der Waals surface area contributed by atoms with Crippen molar-refractivity contribution in [3.05, 3.63) is 48.2 Å². The fourth-order valence-electron chi connectivity index (χ4n) is 0.806. The smallest absolute Gasteiger partial charge is 0.145 e. The molecule has 0 bridgehead atoms. The molecule has 0 aliphatic carbocycles. The molecule has 0 aliphatic rings. The quantitative estimate of drug-likeness (QED) is 0.384. The molecule has 2 heteroatoms. The van der Waals surface area contributed by atoms with Gasteiger partial charge in [-0.05, 0) is 5.56 Å². The Balaban J connectivity index is 2.33. The van der Waals surface area contributed by atoms with Crippen molar-refractivity contribution in [2.75, 3.05) is 0 Å². The lowest BCUT2D eigenvalue weighted by atomic mass is 10.2. The van der Waals surface area contributed by atoms with E-state index in [4.69, 9.17) is 4.74 Å². The zero-order valence-corrected chi connectivity index (χ0v) is 6.64. The fourth-order valence-corrected chi connectivity index (χ4v) is 0.806. The summed E-state index contributed by atoms with van der Waals surface area (Å²) in [4.78, 5) is 9.85. The second-order valence-corrected chi connectivity index (χ2v) is 2.26. The first-order chi connectivity index (χ1) is 5.93. The number of rotatable bonds is 4. The minimum Gasteiger partial charge on any atom is -0.496 e. The highest BCUT2D eigenvalue weighted by Crippen LogP contribution is 1.99. The number of ether oxygens (including phenoxy) is 1. The molecule has 0 fully saturated rings. The molecule has 1 rings (SSSR count). The van der Waals surface area contributed by atoms with Gasteiger partial charge in [0, 0.05) is 6.08 Å². The van der Waals surface area contributed by atoms with Crippen LogP contribution >= 0.6 is 0 Å². The second-order valence-electron chi connectivity index (χ2n) is 2.26. The minimum atomic E-state index is 0.505. The Hall–Kier alpha value is -1.57. The van der Waals surface area contributed by atoms with E-state index < -0.39 is 0 Å². The van der Waals surface area contributed by atoms with Crippen molar-refractivity contribution in [2.45, 2.75) is 6.61 Å². The summed E-state index contributed by atoms with van der Waals surface area (Å²) in [6.45, 7) is 0.505. The van der Waals surface area contributed by atoms with Crippen LogP contribution in [0.4, 0.5) is 0 Å². The molecule has 0 N–H and O–H groups in total. The first-order valence-electron chi connectivity index (χ1n) is 3.69. The van der Waals surface area contributed by atoms with Gasteiger partial charge in [0.05, 0.1) is 6.26 Å². The zero-order valence-electron chi connectivity index (χ0n) is 6.64. The largest absolute Gasteiger partial charge is 0.496 e. The monoisotopic (exact) mass is 162 g/mol. The van der Waals surface area contributed by atoms with Crippen LogP contribution in [0, 0.1) is 0 Å².